The molecule has 0 saturated heterocycles. The summed E-state index contributed by atoms with van der Waals surface area (Å²) in [6.07, 6.45) is 2.68. The smallest absolute Gasteiger partial charge is 0.303 e. The largest absolute Gasteiger partial charge is 0.402 e. The molecule has 0 amide bonds. The monoisotopic (exact) mass is 265 g/mol. The number of hydrogen-bond donors (Lipinski definition) is 0. The van der Waals surface area contributed by atoms with Gasteiger partial charge in [0.05, 0.1) is 0 Å². The average Bonchev–Trinajstić information content (AvgIpc) is 2.19. The first-order valence-corrected chi connectivity index (χ1v) is 10.8. The van der Waals surface area contributed by atoms with Crippen LogP contribution in [0.2, 0.25) is 19.6 Å². The molecule has 0 heterocycles. The van der Waals surface area contributed by atoms with Gasteiger partial charge in [0.15, 0.2) is 0 Å². The lowest BCUT2D eigenvalue weighted by atomic mass is 10.3. The first-order valence-electron chi connectivity index (χ1n) is 6.16. The zero-order chi connectivity index (χ0) is 13.0. The molecule has 16 heavy (non-hydrogen) atoms. The fourth-order valence-electron chi connectivity index (χ4n) is 1.43. The summed E-state index contributed by atoms with van der Waals surface area (Å²) in [6.45, 7) is 14.3. The Morgan fingerprint density at radius 3 is 1.75 bits per heavy atom. The molecule has 0 bridgehead atoms. The number of unbranched alkanes of at least 4 members (excludes halogenated alkanes) is 1. The van der Waals surface area contributed by atoms with E-state index in [2.05, 4.69) is 46.9 Å². The van der Waals surface area contributed by atoms with Crippen molar-refractivity contribution in [3.05, 3.63) is 0 Å². The van der Waals surface area contributed by atoms with E-state index >= 15 is 0 Å². The highest BCUT2D eigenvalue weighted by Gasteiger charge is 2.20. The number of hydrogen-bond acceptors (Lipinski definition) is 3. The zero-order valence-corrected chi connectivity index (χ0v) is 14.7. The zero-order valence-electron chi connectivity index (χ0n) is 12.3. The summed E-state index contributed by atoms with van der Waals surface area (Å²) in [6, 6.07) is 0. The van der Waals surface area contributed by atoms with Crippen LogP contribution in [0.25, 0.3) is 0 Å². The van der Waals surface area contributed by atoms with E-state index in [0.717, 1.165) is 0 Å². The minimum Gasteiger partial charge on any atom is -0.402 e. The minimum absolute atomic E-state index is 0.568. The van der Waals surface area contributed by atoms with Gasteiger partial charge in [-0.15, -0.1) is 0 Å². The maximum Gasteiger partial charge on any atom is 0.303 e. The van der Waals surface area contributed by atoms with Crippen molar-refractivity contribution in [1.29, 1.82) is 0 Å². The van der Waals surface area contributed by atoms with Gasteiger partial charge >= 0.3 is 10.0 Å². The van der Waals surface area contributed by atoms with Gasteiger partial charge in [-0.25, -0.2) is 0 Å². The molecule has 0 rings (SSSR count). The predicted molar refractivity (Wildman–Crippen MR) is 78.1 cm³/mol. The van der Waals surface area contributed by atoms with E-state index in [-0.39, 0.29) is 0 Å². The van der Waals surface area contributed by atoms with Gasteiger partial charge in [-0.2, -0.15) is 0 Å². The Balaban J connectivity index is 0. The molecule has 0 aromatic carbocycles. The lowest BCUT2D eigenvalue weighted by Crippen LogP contribution is -2.46. The normalized spacial score (nSPS) is 11.2. The van der Waals surface area contributed by atoms with Crippen LogP contribution < -0.4 is 0 Å². The molecule has 3 nitrogen and oxygen atoms in total. The van der Waals surface area contributed by atoms with E-state index in [0.29, 0.717) is 0 Å². The second kappa shape index (κ2) is 11.8. The van der Waals surface area contributed by atoms with Gasteiger partial charge in [-0.05, 0) is 19.5 Å². The van der Waals surface area contributed by atoms with Gasteiger partial charge in [-0.3, -0.25) is 0 Å². The summed E-state index contributed by atoms with van der Waals surface area (Å²) < 4.78 is 11.9. The van der Waals surface area contributed by atoms with Crippen LogP contribution >= 0.6 is 0 Å². The molecule has 0 aromatic rings. The van der Waals surface area contributed by atoms with Crippen LogP contribution in [0.5, 0.6) is 0 Å². The highest BCUT2D eigenvalue weighted by molar-refractivity contribution is 6.73. The highest BCUT2D eigenvalue weighted by atomic mass is 28.3. The maximum absolute atomic E-state index is 4.61. The summed E-state index contributed by atoms with van der Waals surface area (Å²) >= 11 is 0. The summed E-state index contributed by atoms with van der Waals surface area (Å²) in [5.74, 6) is 0. The van der Waals surface area contributed by atoms with E-state index < -0.39 is 18.2 Å². The Kier molecular flexibility index (Phi) is 13.8. The molecule has 5 heteroatoms. The Labute approximate surface area is 106 Å². The summed E-state index contributed by atoms with van der Waals surface area (Å²) in [5, 5.41) is 0. The first-order chi connectivity index (χ1) is 7.43. The van der Waals surface area contributed by atoms with Gasteiger partial charge < -0.3 is 13.4 Å². The standard InChI is InChI=1S/C9H23NSi.C2H8O2Si/c1-6-8-9-10(7-2)11(3,4)5;1-3-5-4-2/h6-9H2,1-5H3;5H2,1-2H3. The summed E-state index contributed by atoms with van der Waals surface area (Å²) in [7, 11) is 1.74. The van der Waals surface area contributed by atoms with Crippen molar-refractivity contribution in [1.82, 2.24) is 4.57 Å². The Bertz CT molecular complexity index is 138. The van der Waals surface area contributed by atoms with Crippen molar-refractivity contribution < 1.29 is 8.85 Å². The van der Waals surface area contributed by atoms with Crippen molar-refractivity contribution >= 4 is 18.2 Å². The van der Waals surface area contributed by atoms with E-state index in [4.69, 9.17) is 0 Å². The van der Waals surface area contributed by atoms with E-state index in [9.17, 15) is 0 Å². The Hall–Kier alpha value is 0.314. The summed E-state index contributed by atoms with van der Waals surface area (Å²) in [4.78, 5) is 0. The van der Waals surface area contributed by atoms with Gasteiger partial charge in [0.1, 0.15) is 8.24 Å². The fraction of sp³-hybridized carbons (Fsp3) is 1.00. The lowest BCUT2D eigenvalue weighted by molar-refractivity contribution is 0.309. The molecule has 0 atom stereocenters. The highest BCUT2D eigenvalue weighted by Crippen LogP contribution is 2.09. The van der Waals surface area contributed by atoms with Crippen LogP contribution in [0.15, 0.2) is 0 Å². The van der Waals surface area contributed by atoms with Crippen LogP contribution in [-0.4, -0.2) is 50.1 Å². The number of rotatable bonds is 7. The molecule has 0 aromatic heterocycles. The predicted octanol–water partition coefficient (Wildman–Crippen LogP) is 2.22. The molecule has 0 radical (unpaired) electrons. The molecule has 0 aliphatic carbocycles. The number of nitrogens with zero attached hydrogens (tertiary/aromatic N) is 1. The van der Waals surface area contributed by atoms with Gasteiger partial charge in [0.25, 0.3) is 0 Å². The maximum atomic E-state index is 4.61. The SMILES string of the molecule is CCCCN(CC)[Si](C)(C)C.CO[SiH2]OC. The third-order valence-electron chi connectivity index (χ3n) is 2.35. The molecule has 0 aliphatic heterocycles. The van der Waals surface area contributed by atoms with Crippen molar-refractivity contribution in [3.8, 4) is 0 Å². The molecular formula is C11H31NO2Si2. The lowest BCUT2D eigenvalue weighted by Gasteiger charge is -2.32. The first kappa shape index (κ1) is 18.7. The van der Waals surface area contributed by atoms with Crippen molar-refractivity contribution in [2.24, 2.45) is 0 Å². The van der Waals surface area contributed by atoms with Crippen molar-refractivity contribution in [3.63, 3.8) is 0 Å². The van der Waals surface area contributed by atoms with Gasteiger partial charge in [0, 0.05) is 14.2 Å². The Morgan fingerprint density at radius 1 is 1.06 bits per heavy atom. The molecular weight excluding hydrogens is 234 g/mol. The van der Waals surface area contributed by atoms with Gasteiger partial charge in [-0.1, -0.05) is 39.9 Å². The van der Waals surface area contributed by atoms with Crippen molar-refractivity contribution in [2.75, 3.05) is 27.3 Å². The van der Waals surface area contributed by atoms with E-state index in [1.807, 2.05) is 0 Å². The second-order valence-corrected chi connectivity index (χ2v) is 11.2. The molecule has 0 saturated carbocycles. The molecule has 0 N–H and O–H groups in total. The molecule has 0 aliphatic rings. The second-order valence-electron chi connectivity index (χ2n) is 4.80. The summed E-state index contributed by atoms with van der Waals surface area (Å²) in [5.41, 5.74) is 0. The van der Waals surface area contributed by atoms with Crippen LogP contribution in [0, 0.1) is 0 Å². The third-order valence-corrected chi connectivity index (χ3v) is 5.26. The fourth-order valence-corrected chi connectivity index (χ4v) is 3.45. The van der Waals surface area contributed by atoms with E-state index in [1.54, 1.807) is 14.2 Å². The van der Waals surface area contributed by atoms with Gasteiger partial charge in [0.2, 0.25) is 0 Å². The quantitative estimate of drug-likeness (QED) is 0.659. The molecule has 100 valence electrons. The van der Waals surface area contributed by atoms with E-state index in [1.165, 1.54) is 25.9 Å². The van der Waals surface area contributed by atoms with Crippen LogP contribution in [-0.2, 0) is 8.85 Å². The van der Waals surface area contributed by atoms with Crippen LogP contribution in [0.3, 0.4) is 0 Å². The minimum atomic E-state index is -0.991. The third kappa shape index (κ3) is 12.4. The Morgan fingerprint density at radius 2 is 1.56 bits per heavy atom. The molecule has 0 spiro atoms. The van der Waals surface area contributed by atoms with Crippen LogP contribution in [0.1, 0.15) is 26.7 Å². The van der Waals surface area contributed by atoms with Crippen molar-refractivity contribution in [2.45, 2.75) is 46.3 Å². The molecule has 0 fully saturated rings. The average molecular weight is 266 g/mol. The van der Waals surface area contributed by atoms with Crippen LogP contribution in [0.4, 0.5) is 0 Å². The molecule has 0 unspecified atom stereocenters. The topological polar surface area (TPSA) is 21.7 Å².